The Morgan fingerprint density at radius 2 is 1.86 bits per heavy atom. The number of para-hydroxylation sites is 2. The fraction of sp³-hybridized carbons (Fsp3) is 0.167. The van der Waals surface area contributed by atoms with Gasteiger partial charge in [0, 0.05) is 29.7 Å². The van der Waals surface area contributed by atoms with Crippen LogP contribution in [0.15, 0.2) is 54.7 Å². The third kappa shape index (κ3) is 2.02. The van der Waals surface area contributed by atoms with Crippen molar-refractivity contribution in [1.82, 2.24) is 0 Å². The van der Waals surface area contributed by atoms with Crippen LogP contribution in [0.5, 0.6) is 0 Å². The van der Waals surface area contributed by atoms with E-state index in [2.05, 4.69) is 34.5 Å². The maximum atomic E-state index is 12.2. The SMILES string of the molecule is O=C1Nc2ccccc2/C1=C/N1CCCc2ccccc21. The van der Waals surface area contributed by atoms with E-state index < -0.39 is 0 Å². The molecule has 21 heavy (non-hydrogen) atoms. The lowest BCUT2D eigenvalue weighted by molar-refractivity contribution is -0.110. The molecule has 104 valence electrons. The van der Waals surface area contributed by atoms with Crippen molar-refractivity contribution in [3.8, 4) is 0 Å². The van der Waals surface area contributed by atoms with Crippen LogP contribution in [0.2, 0.25) is 0 Å². The first-order chi connectivity index (χ1) is 10.3. The molecule has 2 heterocycles. The van der Waals surface area contributed by atoms with E-state index in [0.717, 1.165) is 36.2 Å². The predicted molar refractivity (Wildman–Crippen MR) is 85.2 cm³/mol. The van der Waals surface area contributed by atoms with Crippen molar-refractivity contribution in [2.75, 3.05) is 16.8 Å². The van der Waals surface area contributed by atoms with Crippen molar-refractivity contribution in [2.45, 2.75) is 12.8 Å². The van der Waals surface area contributed by atoms with Crippen molar-refractivity contribution in [2.24, 2.45) is 0 Å². The fourth-order valence-electron chi connectivity index (χ4n) is 3.12. The number of rotatable bonds is 1. The highest BCUT2D eigenvalue weighted by atomic mass is 16.2. The zero-order valence-electron chi connectivity index (χ0n) is 11.7. The monoisotopic (exact) mass is 276 g/mol. The normalized spacial score (nSPS) is 18.4. The molecule has 3 heteroatoms. The van der Waals surface area contributed by atoms with Gasteiger partial charge in [-0.15, -0.1) is 0 Å². The molecule has 2 aromatic rings. The molecule has 4 rings (SSSR count). The summed E-state index contributed by atoms with van der Waals surface area (Å²) in [6.07, 6.45) is 4.22. The Morgan fingerprint density at radius 3 is 2.81 bits per heavy atom. The van der Waals surface area contributed by atoms with Crippen molar-refractivity contribution in [3.05, 3.63) is 65.9 Å². The van der Waals surface area contributed by atoms with E-state index >= 15 is 0 Å². The number of fused-ring (bicyclic) bond motifs is 2. The molecule has 2 aromatic carbocycles. The van der Waals surface area contributed by atoms with Gasteiger partial charge < -0.3 is 10.2 Å². The van der Waals surface area contributed by atoms with Crippen molar-refractivity contribution >= 4 is 22.9 Å². The van der Waals surface area contributed by atoms with Crippen LogP contribution in [0.3, 0.4) is 0 Å². The first-order valence-corrected chi connectivity index (χ1v) is 7.30. The third-order valence-corrected chi connectivity index (χ3v) is 4.14. The third-order valence-electron chi connectivity index (χ3n) is 4.14. The molecular formula is C18H16N2O. The smallest absolute Gasteiger partial charge is 0.257 e. The van der Waals surface area contributed by atoms with Crippen LogP contribution in [0.4, 0.5) is 11.4 Å². The lowest BCUT2D eigenvalue weighted by Crippen LogP contribution is -2.24. The highest BCUT2D eigenvalue weighted by Gasteiger charge is 2.25. The summed E-state index contributed by atoms with van der Waals surface area (Å²) in [7, 11) is 0. The van der Waals surface area contributed by atoms with E-state index in [9.17, 15) is 4.79 Å². The van der Waals surface area contributed by atoms with Gasteiger partial charge in [-0.25, -0.2) is 0 Å². The van der Waals surface area contributed by atoms with Gasteiger partial charge in [-0.3, -0.25) is 4.79 Å². The second kappa shape index (κ2) is 4.77. The average molecular weight is 276 g/mol. The molecule has 2 aliphatic rings. The van der Waals surface area contributed by atoms with E-state index in [1.165, 1.54) is 11.3 Å². The van der Waals surface area contributed by atoms with Crippen LogP contribution in [-0.4, -0.2) is 12.5 Å². The Hall–Kier alpha value is -2.55. The second-order valence-electron chi connectivity index (χ2n) is 5.47. The first-order valence-electron chi connectivity index (χ1n) is 7.30. The molecule has 0 fully saturated rings. The number of hydrogen-bond acceptors (Lipinski definition) is 2. The Labute approximate surface area is 123 Å². The molecule has 0 saturated carbocycles. The minimum atomic E-state index is -0.0146. The summed E-state index contributed by atoms with van der Waals surface area (Å²) < 4.78 is 0. The van der Waals surface area contributed by atoms with E-state index in [-0.39, 0.29) is 5.91 Å². The lowest BCUT2D eigenvalue weighted by atomic mass is 10.0. The van der Waals surface area contributed by atoms with Crippen LogP contribution >= 0.6 is 0 Å². The number of aryl methyl sites for hydroxylation is 1. The molecule has 0 radical (unpaired) electrons. The molecular weight excluding hydrogens is 260 g/mol. The van der Waals surface area contributed by atoms with Crippen LogP contribution < -0.4 is 10.2 Å². The van der Waals surface area contributed by atoms with Crippen LogP contribution in [0, 0.1) is 0 Å². The van der Waals surface area contributed by atoms with Gasteiger partial charge in [0.25, 0.3) is 5.91 Å². The summed E-state index contributed by atoms with van der Waals surface area (Å²) in [5.41, 5.74) is 5.22. The molecule has 0 unspecified atom stereocenters. The Balaban J connectivity index is 1.78. The summed E-state index contributed by atoms with van der Waals surface area (Å²) in [4.78, 5) is 14.4. The highest BCUT2D eigenvalue weighted by Crippen LogP contribution is 2.34. The molecule has 0 aliphatic carbocycles. The van der Waals surface area contributed by atoms with Gasteiger partial charge in [0.15, 0.2) is 0 Å². The molecule has 0 atom stereocenters. The fourth-order valence-corrected chi connectivity index (χ4v) is 3.12. The standard InChI is InChI=1S/C18H16N2O/c21-18-15(14-8-2-3-9-16(14)19-18)12-20-11-5-7-13-6-1-4-10-17(13)20/h1-4,6,8-10,12H,5,7,11H2,(H,19,21)/b15-12-. The van der Waals surface area contributed by atoms with Gasteiger partial charge in [-0.2, -0.15) is 0 Å². The second-order valence-corrected chi connectivity index (χ2v) is 5.47. The van der Waals surface area contributed by atoms with E-state index in [1.54, 1.807) is 0 Å². The van der Waals surface area contributed by atoms with Crippen molar-refractivity contribution in [3.63, 3.8) is 0 Å². The number of hydrogen-bond donors (Lipinski definition) is 1. The zero-order valence-corrected chi connectivity index (χ0v) is 11.7. The number of carbonyl (C=O) groups excluding carboxylic acids is 1. The quantitative estimate of drug-likeness (QED) is 0.809. The largest absolute Gasteiger partial charge is 0.347 e. The summed E-state index contributed by atoms with van der Waals surface area (Å²) in [5, 5.41) is 2.93. The Bertz CT molecular complexity index is 748. The molecule has 0 bridgehead atoms. The molecule has 2 aliphatic heterocycles. The van der Waals surface area contributed by atoms with E-state index in [1.807, 2.05) is 30.5 Å². The first kappa shape index (κ1) is 12.2. The van der Waals surface area contributed by atoms with Gasteiger partial charge in [0.1, 0.15) is 0 Å². The number of benzene rings is 2. The molecule has 0 saturated heterocycles. The zero-order chi connectivity index (χ0) is 14.2. The van der Waals surface area contributed by atoms with Crippen molar-refractivity contribution < 1.29 is 4.79 Å². The van der Waals surface area contributed by atoms with Crippen molar-refractivity contribution in [1.29, 1.82) is 0 Å². The van der Waals surface area contributed by atoms with Gasteiger partial charge in [0.05, 0.1) is 5.57 Å². The Morgan fingerprint density at radius 1 is 1.05 bits per heavy atom. The van der Waals surface area contributed by atoms with E-state index in [0.29, 0.717) is 0 Å². The minimum Gasteiger partial charge on any atom is -0.347 e. The van der Waals surface area contributed by atoms with E-state index in [4.69, 9.17) is 0 Å². The highest BCUT2D eigenvalue weighted by molar-refractivity contribution is 6.31. The predicted octanol–water partition coefficient (Wildman–Crippen LogP) is 3.43. The lowest BCUT2D eigenvalue weighted by Gasteiger charge is -2.28. The van der Waals surface area contributed by atoms with Crippen LogP contribution in [-0.2, 0) is 11.2 Å². The Kier molecular flexibility index (Phi) is 2.78. The maximum absolute atomic E-state index is 12.2. The summed E-state index contributed by atoms with van der Waals surface area (Å²) in [6, 6.07) is 16.3. The van der Waals surface area contributed by atoms with Gasteiger partial charge in [0.2, 0.25) is 0 Å². The number of nitrogens with zero attached hydrogens (tertiary/aromatic N) is 1. The van der Waals surface area contributed by atoms with Gasteiger partial charge in [-0.05, 0) is 30.5 Å². The molecule has 1 amide bonds. The molecule has 0 aromatic heterocycles. The minimum absolute atomic E-state index is 0.0146. The van der Waals surface area contributed by atoms with Crippen LogP contribution in [0.1, 0.15) is 17.5 Å². The van der Waals surface area contributed by atoms with Crippen LogP contribution in [0.25, 0.3) is 5.57 Å². The average Bonchev–Trinajstić information content (AvgIpc) is 2.84. The maximum Gasteiger partial charge on any atom is 0.257 e. The summed E-state index contributed by atoms with van der Waals surface area (Å²) >= 11 is 0. The number of anilines is 2. The molecule has 3 nitrogen and oxygen atoms in total. The topological polar surface area (TPSA) is 32.3 Å². The summed E-state index contributed by atoms with van der Waals surface area (Å²) in [5.74, 6) is -0.0146. The van der Waals surface area contributed by atoms with Gasteiger partial charge >= 0.3 is 0 Å². The van der Waals surface area contributed by atoms with Gasteiger partial charge in [-0.1, -0.05) is 36.4 Å². The number of amides is 1. The number of carbonyl (C=O) groups is 1. The molecule has 1 N–H and O–H groups in total. The number of nitrogens with one attached hydrogen (secondary N) is 1. The summed E-state index contributed by atoms with van der Waals surface area (Å²) in [6.45, 7) is 0.954. The molecule has 0 spiro atoms.